The van der Waals surface area contributed by atoms with E-state index in [1.165, 1.54) is 7.05 Å². The molecule has 8 nitrogen and oxygen atoms in total. The molecule has 1 aromatic rings. The quantitative estimate of drug-likeness (QED) is 0.317. The van der Waals surface area contributed by atoms with E-state index in [0.717, 1.165) is 63.9 Å². The summed E-state index contributed by atoms with van der Waals surface area (Å²) < 4.78 is 31.2. The summed E-state index contributed by atoms with van der Waals surface area (Å²) in [7, 11) is -2.00. The van der Waals surface area contributed by atoms with Crippen molar-refractivity contribution in [2.24, 2.45) is 4.99 Å². The topological polar surface area (TPSA) is 95.1 Å². The lowest BCUT2D eigenvalue weighted by Crippen LogP contribution is -2.40. The van der Waals surface area contributed by atoms with Gasteiger partial charge in [0.15, 0.2) is 5.96 Å². The molecule has 27 heavy (non-hydrogen) atoms. The molecule has 152 valence electrons. The molecule has 1 aliphatic rings. The Morgan fingerprint density at radius 1 is 1.19 bits per heavy atom. The summed E-state index contributed by atoms with van der Waals surface area (Å²) >= 11 is 0. The van der Waals surface area contributed by atoms with Gasteiger partial charge < -0.3 is 15.4 Å². The summed E-state index contributed by atoms with van der Waals surface area (Å²) in [6.07, 6.45) is 1.04. The van der Waals surface area contributed by atoms with Crippen LogP contribution >= 0.6 is 0 Å². The molecule has 1 aliphatic heterocycles. The molecule has 0 aliphatic carbocycles. The van der Waals surface area contributed by atoms with Crippen LogP contribution in [0.3, 0.4) is 0 Å². The van der Waals surface area contributed by atoms with Gasteiger partial charge in [-0.05, 0) is 44.6 Å². The lowest BCUT2D eigenvalue weighted by atomic mass is 10.2. The second kappa shape index (κ2) is 11.2. The van der Waals surface area contributed by atoms with Crippen LogP contribution in [0.15, 0.2) is 34.2 Å². The normalized spacial score (nSPS) is 16.3. The highest BCUT2D eigenvalue weighted by molar-refractivity contribution is 7.89. The first-order valence-electron chi connectivity index (χ1n) is 9.40. The van der Waals surface area contributed by atoms with Gasteiger partial charge in [-0.25, -0.2) is 18.1 Å². The fraction of sp³-hybridized carbons (Fsp3) is 0.611. The third kappa shape index (κ3) is 7.45. The number of nitrogens with one attached hydrogen (secondary N) is 3. The van der Waals surface area contributed by atoms with E-state index >= 15 is 0 Å². The molecule has 0 radical (unpaired) electrons. The predicted octanol–water partition coefficient (Wildman–Crippen LogP) is 0.372. The minimum Gasteiger partial charge on any atom is -0.379 e. The molecule has 1 fully saturated rings. The Labute approximate surface area is 162 Å². The number of benzene rings is 1. The first-order valence-corrected chi connectivity index (χ1v) is 10.9. The maximum atomic E-state index is 11.8. The smallest absolute Gasteiger partial charge is 0.240 e. The molecule has 2 rings (SSSR count). The van der Waals surface area contributed by atoms with E-state index in [9.17, 15) is 8.42 Å². The van der Waals surface area contributed by atoms with Crippen molar-refractivity contribution in [2.75, 3.05) is 53.0 Å². The lowest BCUT2D eigenvalue weighted by molar-refractivity contribution is 0.0376. The van der Waals surface area contributed by atoms with E-state index in [0.29, 0.717) is 6.54 Å². The number of ether oxygens (including phenoxy) is 1. The van der Waals surface area contributed by atoms with Crippen molar-refractivity contribution in [1.82, 2.24) is 20.3 Å². The van der Waals surface area contributed by atoms with Crippen LogP contribution in [-0.4, -0.2) is 72.3 Å². The van der Waals surface area contributed by atoms with Gasteiger partial charge in [-0.15, -0.1) is 0 Å². The molecule has 3 N–H and O–H groups in total. The number of aliphatic imine (C=N–C) groups is 1. The van der Waals surface area contributed by atoms with E-state index in [4.69, 9.17) is 4.74 Å². The summed E-state index contributed by atoms with van der Waals surface area (Å²) in [6, 6.07) is 6.77. The van der Waals surface area contributed by atoms with Gasteiger partial charge in [0, 0.05) is 26.2 Å². The van der Waals surface area contributed by atoms with Crippen LogP contribution in [0.1, 0.15) is 18.9 Å². The molecule has 0 bridgehead atoms. The molecule has 0 unspecified atom stereocenters. The predicted molar refractivity (Wildman–Crippen MR) is 107 cm³/mol. The van der Waals surface area contributed by atoms with Gasteiger partial charge >= 0.3 is 0 Å². The van der Waals surface area contributed by atoms with E-state index in [2.05, 4.69) is 25.2 Å². The number of guanidine groups is 1. The van der Waals surface area contributed by atoms with Crippen molar-refractivity contribution in [3.8, 4) is 0 Å². The SMILES string of the molecule is CCNC(=NCc1ccc(S(=O)(=O)NC)cc1)NCCCN1CCOCC1. The summed E-state index contributed by atoms with van der Waals surface area (Å²) in [5, 5.41) is 6.59. The maximum absolute atomic E-state index is 11.8. The molecule has 0 saturated carbocycles. The van der Waals surface area contributed by atoms with Crippen molar-refractivity contribution in [3.63, 3.8) is 0 Å². The Kier molecular flexibility index (Phi) is 8.99. The average molecular weight is 398 g/mol. The molecule has 0 amide bonds. The zero-order valence-electron chi connectivity index (χ0n) is 16.2. The Morgan fingerprint density at radius 2 is 1.89 bits per heavy atom. The summed E-state index contributed by atoms with van der Waals surface area (Å²) in [5.74, 6) is 0.770. The molecular weight excluding hydrogens is 366 g/mol. The number of rotatable bonds is 9. The highest BCUT2D eigenvalue weighted by Crippen LogP contribution is 2.10. The van der Waals surface area contributed by atoms with Crippen LogP contribution in [0.5, 0.6) is 0 Å². The van der Waals surface area contributed by atoms with Crippen molar-refractivity contribution in [1.29, 1.82) is 0 Å². The number of sulfonamides is 1. The Hall–Kier alpha value is -1.68. The van der Waals surface area contributed by atoms with E-state index in [-0.39, 0.29) is 4.90 Å². The van der Waals surface area contributed by atoms with Crippen LogP contribution in [0.25, 0.3) is 0 Å². The van der Waals surface area contributed by atoms with Crippen molar-refractivity contribution < 1.29 is 13.2 Å². The van der Waals surface area contributed by atoms with Crippen LogP contribution in [0.4, 0.5) is 0 Å². The summed E-state index contributed by atoms with van der Waals surface area (Å²) in [4.78, 5) is 7.24. The van der Waals surface area contributed by atoms with Gasteiger partial charge in [-0.1, -0.05) is 12.1 Å². The monoisotopic (exact) mass is 397 g/mol. The molecule has 1 heterocycles. The number of nitrogens with zero attached hydrogens (tertiary/aromatic N) is 2. The Morgan fingerprint density at radius 3 is 2.52 bits per heavy atom. The number of hydrogen-bond acceptors (Lipinski definition) is 5. The Bertz CT molecular complexity index is 685. The van der Waals surface area contributed by atoms with E-state index < -0.39 is 10.0 Å². The molecule has 1 aromatic carbocycles. The van der Waals surface area contributed by atoms with Crippen LogP contribution in [0, 0.1) is 0 Å². The molecule has 0 atom stereocenters. The first kappa shape index (κ1) is 21.6. The van der Waals surface area contributed by atoms with Gasteiger partial charge in [-0.3, -0.25) is 4.90 Å². The lowest BCUT2D eigenvalue weighted by Gasteiger charge is -2.26. The minimum atomic E-state index is -3.40. The highest BCUT2D eigenvalue weighted by Gasteiger charge is 2.11. The number of hydrogen-bond donors (Lipinski definition) is 3. The standard InChI is InChI=1S/C18H31N5O3S/c1-3-20-18(21-9-4-10-23-11-13-26-14-12-23)22-15-16-5-7-17(8-6-16)27(24,25)19-2/h5-8,19H,3-4,9-15H2,1-2H3,(H2,20,21,22). The van der Waals surface area contributed by atoms with Gasteiger partial charge in [0.1, 0.15) is 0 Å². The number of morpholine rings is 1. The minimum absolute atomic E-state index is 0.255. The second-order valence-corrected chi connectivity index (χ2v) is 8.17. The van der Waals surface area contributed by atoms with E-state index in [1.807, 2.05) is 6.92 Å². The van der Waals surface area contributed by atoms with Crippen molar-refractivity contribution >= 4 is 16.0 Å². The molecule has 0 aromatic heterocycles. The summed E-state index contributed by atoms with van der Waals surface area (Å²) in [5.41, 5.74) is 0.954. The van der Waals surface area contributed by atoms with Crippen LogP contribution in [0.2, 0.25) is 0 Å². The molecule has 0 spiro atoms. The van der Waals surface area contributed by atoms with Gasteiger partial charge in [-0.2, -0.15) is 0 Å². The summed E-state index contributed by atoms with van der Waals surface area (Å²) in [6.45, 7) is 8.87. The largest absolute Gasteiger partial charge is 0.379 e. The second-order valence-electron chi connectivity index (χ2n) is 6.28. The fourth-order valence-corrected chi connectivity index (χ4v) is 3.47. The molecule has 1 saturated heterocycles. The van der Waals surface area contributed by atoms with Crippen molar-refractivity contribution in [2.45, 2.75) is 24.8 Å². The third-order valence-electron chi connectivity index (χ3n) is 4.31. The van der Waals surface area contributed by atoms with Crippen molar-refractivity contribution in [3.05, 3.63) is 29.8 Å². The van der Waals surface area contributed by atoms with Crippen LogP contribution in [-0.2, 0) is 21.3 Å². The Balaban J connectivity index is 1.81. The maximum Gasteiger partial charge on any atom is 0.240 e. The van der Waals surface area contributed by atoms with Gasteiger partial charge in [0.05, 0.1) is 24.7 Å². The zero-order valence-corrected chi connectivity index (χ0v) is 17.0. The average Bonchev–Trinajstić information content (AvgIpc) is 2.70. The molecular formula is C18H31N5O3S. The van der Waals surface area contributed by atoms with Crippen LogP contribution < -0.4 is 15.4 Å². The fourth-order valence-electron chi connectivity index (χ4n) is 2.74. The van der Waals surface area contributed by atoms with Gasteiger partial charge in [0.25, 0.3) is 0 Å². The van der Waals surface area contributed by atoms with Gasteiger partial charge in [0.2, 0.25) is 10.0 Å². The van der Waals surface area contributed by atoms with E-state index in [1.54, 1.807) is 24.3 Å². The zero-order chi connectivity index (χ0) is 19.5. The first-order chi connectivity index (χ1) is 13.0. The highest BCUT2D eigenvalue weighted by atomic mass is 32.2. The molecule has 9 heteroatoms. The third-order valence-corrected chi connectivity index (χ3v) is 5.74.